The number of rotatable bonds is 6. The van der Waals surface area contributed by atoms with Gasteiger partial charge < -0.3 is 20.5 Å². The average Bonchev–Trinajstić information content (AvgIpc) is 2.37. The van der Waals surface area contributed by atoms with Crippen molar-refractivity contribution in [2.45, 2.75) is 39.4 Å². The van der Waals surface area contributed by atoms with Gasteiger partial charge in [-0.3, -0.25) is 4.79 Å². The molecule has 0 fully saturated rings. The molecule has 0 radical (unpaired) electrons. The summed E-state index contributed by atoms with van der Waals surface area (Å²) in [4.78, 5) is 11.9. The number of amides is 1. The van der Waals surface area contributed by atoms with Crippen LogP contribution < -0.4 is 11.1 Å². The van der Waals surface area contributed by atoms with Gasteiger partial charge in [0.05, 0.1) is 24.5 Å². The molecule has 0 heterocycles. The number of carbonyl (C=O) groups is 1. The van der Waals surface area contributed by atoms with Crippen LogP contribution in [0, 0.1) is 5.82 Å². The SMILES string of the molecule is CC(OCCOC(C)(C)C)C(=O)Nc1ccc(F)c(N)c1. The first-order valence-electron chi connectivity index (χ1n) is 6.80. The number of benzene rings is 1. The van der Waals surface area contributed by atoms with Crippen LogP contribution in [0.5, 0.6) is 0 Å². The average molecular weight is 298 g/mol. The molecule has 1 rings (SSSR count). The van der Waals surface area contributed by atoms with Gasteiger partial charge >= 0.3 is 0 Å². The van der Waals surface area contributed by atoms with Crippen LogP contribution in [0.3, 0.4) is 0 Å². The Labute approximate surface area is 124 Å². The van der Waals surface area contributed by atoms with Gasteiger partial charge in [0.25, 0.3) is 5.91 Å². The highest BCUT2D eigenvalue weighted by Gasteiger charge is 2.15. The third-order valence-corrected chi connectivity index (χ3v) is 2.62. The van der Waals surface area contributed by atoms with Gasteiger partial charge in [0.15, 0.2) is 0 Å². The Hall–Kier alpha value is -1.66. The highest BCUT2D eigenvalue weighted by atomic mass is 19.1. The molecule has 1 aromatic rings. The quantitative estimate of drug-likeness (QED) is 0.625. The first-order chi connectivity index (χ1) is 9.69. The number of carbonyl (C=O) groups excluding carboxylic acids is 1. The lowest BCUT2D eigenvalue weighted by Crippen LogP contribution is -2.30. The van der Waals surface area contributed by atoms with E-state index in [2.05, 4.69) is 5.32 Å². The zero-order valence-electron chi connectivity index (χ0n) is 12.9. The van der Waals surface area contributed by atoms with Crippen molar-refractivity contribution in [2.75, 3.05) is 24.3 Å². The Bertz CT molecular complexity index is 486. The zero-order valence-corrected chi connectivity index (χ0v) is 12.9. The molecule has 118 valence electrons. The van der Waals surface area contributed by atoms with E-state index in [0.29, 0.717) is 18.9 Å². The van der Waals surface area contributed by atoms with E-state index < -0.39 is 11.9 Å². The molecule has 0 aliphatic rings. The maximum Gasteiger partial charge on any atom is 0.253 e. The Balaban J connectivity index is 2.39. The molecule has 0 saturated heterocycles. The Morgan fingerprint density at radius 3 is 2.62 bits per heavy atom. The molecule has 5 nitrogen and oxygen atoms in total. The highest BCUT2D eigenvalue weighted by Crippen LogP contribution is 2.16. The largest absolute Gasteiger partial charge is 0.396 e. The monoisotopic (exact) mass is 298 g/mol. The predicted octanol–water partition coefficient (Wildman–Crippen LogP) is 2.57. The van der Waals surface area contributed by atoms with E-state index in [1.54, 1.807) is 6.92 Å². The number of halogens is 1. The fraction of sp³-hybridized carbons (Fsp3) is 0.533. The molecule has 1 unspecified atom stereocenters. The number of hydrogen-bond acceptors (Lipinski definition) is 4. The molecule has 0 aliphatic heterocycles. The molecule has 0 saturated carbocycles. The van der Waals surface area contributed by atoms with E-state index in [4.69, 9.17) is 15.2 Å². The highest BCUT2D eigenvalue weighted by molar-refractivity contribution is 5.94. The molecular formula is C15H23FN2O3. The maximum absolute atomic E-state index is 13.0. The summed E-state index contributed by atoms with van der Waals surface area (Å²) in [5.74, 6) is -0.839. The van der Waals surface area contributed by atoms with Crippen LogP contribution in [0.2, 0.25) is 0 Å². The topological polar surface area (TPSA) is 73.6 Å². The van der Waals surface area contributed by atoms with E-state index >= 15 is 0 Å². The van der Waals surface area contributed by atoms with Gasteiger partial charge in [0, 0.05) is 5.69 Å². The van der Waals surface area contributed by atoms with Crippen molar-refractivity contribution in [1.29, 1.82) is 0 Å². The van der Waals surface area contributed by atoms with Gasteiger partial charge in [-0.05, 0) is 45.9 Å². The summed E-state index contributed by atoms with van der Waals surface area (Å²) < 4.78 is 23.9. The second-order valence-corrected chi connectivity index (χ2v) is 5.70. The Kier molecular flexibility index (Phi) is 6.11. The Morgan fingerprint density at radius 1 is 1.38 bits per heavy atom. The standard InChI is InChI=1S/C15H23FN2O3/c1-10(20-7-8-21-15(2,3)4)14(19)18-11-5-6-12(16)13(17)9-11/h5-6,9-10H,7-8,17H2,1-4H3,(H,18,19). The Morgan fingerprint density at radius 2 is 2.05 bits per heavy atom. The van der Waals surface area contributed by atoms with Crippen molar-refractivity contribution in [3.8, 4) is 0 Å². The second-order valence-electron chi connectivity index (χ2n) is 5.70. The summed E-state index contributed by atoms with van der Waals surface area (Å²) in [6.07, 6.45) is -0.639. The van der Waals surface area contributed by atoms with Gasteiger partial charge in [0.1, 0.15) is 11.9 Å². The van der Waals surface area contributed by atoms with Crippen LogP contribution in [-0.2, 0) is 14.3 Å². The second kappa shape index (κ2) is 7.38. The molecule has 3 N–H and O–H groups in total. The lowest BCUT2D eigenvalue weighted by Gasteiger charge is -2.20. The number of anilines is 2. The molecule has 1 atom stereocenters. The van der Waals surface area contributed by atoms with E-state index in [-0.39, 0.29) is 17.2 Å². The van der Waals surface area contributed by atoms with Crippen LogP contribution in [0.15, 0.2) is 18.2 Å². The predicted molar refractivity (Wildman–Crippen MR) is 80.6 cm³/mol. The van der Waals surface area contributed by atoms with Crippen molar-refractivity contribution >= 4 is 17.3 Å². The number of hydrogen-bond donors (Lipinski definition) is 2. The minimum atomic E-state index is -0.639. The minimum absolute atomic E-state index is 0.0139. The van der Waals surface area contributed by atoms with Crippen molar-refractivity contribution in [2.24, 2.45) is 0 Å². The van der Waals surface area contributed by atoms with Gasteiger partial charge in [-0.25, -0.2) is 4.39 Å². The van der Waals surface area contributed by atoms with Gasteiger partial charge in [-0.15, -0.1) is 0 Å². The van der Waals surface area contributed by atoms with Crippen LogP contribution in [-0.4, -0.2) is 30.8 Å². The maximum atomic E-state index is 13.0. The fourth-order valence-corrected chi connectivity index (χ4v) is 1.51. The van der Waals surface area contributed by atoms with E-state index in [0.717, 1.165) is 0 Å². The summed E-state index contributed by atoms with van der Waals surface area (Å²) in [6, 6.07) is 4.01. The number of ether oxygens (including phenoxy) is 2. The first kappa shape index (κ1) is 17.4. The van der Waals surface area contributed by atoms with Crippen molar-refractivity contribution in [3.63, 3.8) is 0 Å². The van der Waals surface area contributed by atoms with Crippen molar-refractivity contribution in [3.05, 3.63) is 24.0 Å². The number of nitrogens with two attached hydrogens (primary N) is 1. The van der Waals surface area contributed by atoms with Crippen molar-refractivity contribution < 1.29 is 18.7 Å². The molecule has 21 heavy (non-hydrogen) atoms. The summed E-state index contributed by atoms with van der Waals surface area (Å²) in [5, 5.41) is 2.62. The third kappa shape index (κ3) is 6.55. The van der Waals surface area contributed by atoms with Gasteiger partial charge in [0.2, 0.25) is 0 Å². The van der Waals surface area contributed by atoms with Gasteiger partial charge in [-0.2, -0.15) is 0 Å². The normalized spacial score (nSPS) is 13.0. The molecule has 6 heteroatoms. The minimum Gasteiger partial charge on any atom is -0.396 e. The fourth-order valence-electron chi connectivity index (χ4n) is 1.51. The first-order valence-corrected chi connectivity index (χ1v) is 6.80. The van der Waals surface area contributed by atoms with Crippen LogP contribution >= 0.6 is 0 Å². The van der Waals surface area contributed by atoms with E-state index in [1.165, 1.54) is 18.2 Å². The van der Waals surface area contributed by atoms with Crippen LogP contribution in [0.1, 0.15) is 27.7 Å². The lowest BCUT2D eigenvalue weighted by molar-refractivity contribution is -0.128. The van der Waals surface area contributed by atoms with Crippen LogP contribution in [0.25, 0.3) is 0 Å². The third-order valence-electron chi connectivity index (χ3n) is 2.62. The zero-order chi connectivity index (χ0) is 16.0. The number of nitrogens with one attached hydrogen (secondary N) is 1. The number of nitrogen functional groups attached to an aromatic ring is 1. The molecular weight excluding hydrogens is 275 g/mol. The van der Waals surface area contributed by atoms with Crippen LogP contribution in [0.4, 0.5) is 15.8 Å². The van der Waals surface area contributed by atoms with Gasteiger partial charge in [-0.1, -0.05) is 0 Å². The molecule has 0 bridgehead atoms. The summed E-state index contributed by atoms with van der Waals surface area (Å²) in [7, 11) is 0. The smallest absolute Gasteiger partial charge is 0.253 e. The molecule has 1 aromatic carbocycles. The summed E-state index contributed by atoms with van der Waals surface area (Å²) in [5.41, 5.74) is 5.62. The molecule has 0 spiro atoms. The summed E-state index contributed by atoms with van der Waals surface area (Å²) in [6.45, 7) is 8.20. The van der Waals surface area contributed by atoms with Crippen molar-refractivity contribution in [1.82, 2.24) is 0 Å². The molecule has 1 amide bonds. The molecule has 0 aromatic heterocycles. The van der Waals surface area contributed by atoms with E-state index in [9.17, 15) is 9.18 Å². The lowest BCUT2D eigenvalue weighted by atomic mass is 10.2. The summed E-state index contributed by atoms with van der Waals surface area (Å²) >= 11 is 0. The van der Waals surface area contributed by atoms with E-state index in [1.807, 2.05) is 20.8 Å². The molecule has 0 aliphatic carbocycles.